The minimum Gasteiger partial charge on any atom is -0.480 e. The van der Waals surface area contributed by atoms with Crippen molar-refractivity contribution in [1.29, 1.82) is 0 Å². The molecule has 6 heteroatoms. The zero-order valence-corrected chi connectivity index (χ0v) is 10.4. The maximum Gasteiger partial charge on any atom is 0.326 e. The van der Waals surface area contributed by atoms with Gasteiger partial charge in [0.05, 0.1) is 13.2 Å². The maximum atomic E-state index is 11.4. The van der Waals surface area contributed by atoms with Gasteiger partial charge in [0.2, 0.25) is 0 Å². The van der Waals surface area contributed by atoms with Gasteiger partial charge in [-0.05, 0) is 25.2 Å². The van der Waals surface area contributed by atoms with Crippen molar-refractivity contribution in [3.8, 4) is 0 Å². The van der Waals surface area contributed by atoms with Crippen LogP contribution >= 0.6 is 0 Å². The molecule has 0 saturated heterocycles. The second-order valence-electron chi connectivity index (χ2n) is 4.24. The van der Waals surface area contributed by atoms with Crippen LogP contribution in [0.2, 0.25) is 0 Å². The molecule has 3 N–H and O–H groups in total. The summed E-state index contributed by atoms with van der Waals surface area (Å²) in [7, 11) is 0. The summed E-state index contributed by atoms with van der Waals surface area (Å²) in [6.07, 6.45) is 4.26. The van der Waals surface area contributed by atoms with Crippen molar-refractivity contribution in [2.75, 3.05) is 19.8 Å². The quantitative estimate of drug-likeness (QED) is 0.419. The van der Waals surface area contributed by atoms with Crippen molar-refractivity contribution in [3.63, 3.8) is 0 Å². The predicted octanol–water partition coefficient (Wildman–Crippen LogP) is 0.742. The Morgan fingerprint density at radius 2 is 2.17 bits per heavy atom. The first-order valence-corrected chi connectivity index (χ1v) is 6.11. The molecule has 18 heavy (non-hydrogen) atoms. The van der Waals surface area contributed by atoms with Gasteiger partial charge < -0.3 is 20.5 Å². The summed E-state index contributed by atoms with van der Waals surface area (Å²) in [6, 6.07) is -1.23. The van der Waals surface area contributed by atoms with Gasteiger partial charge in [0.25, 0.3) is 0 Å². The number of carbonyl (C=O) groups excluding carboxylic acids is 1. The van der Waals surface area contributed by atoms with E-state index in [1.165, 1.54) is 0 Å². The molecule has 1 atom stereocenters. The highest BCUT2D eigenvalue weighted by atomic mass is 16.5. The molecule has 102 valence electrons. The number of rotatable bonds is 9. The van der Waals surface area contributed by atoms with E-state index in [1.807, 2.05) is 0 Å². The van der Waals surface area contributed by atoms with Gasteiger partial charge in [-0.3, -0.25) is 0 Å². The topological polar surface area (TPSA) is 87.7 Å². The summed E-state index contributed by atoms with van der Waals surface area (Å²) >= 11 is 0. The van der Waals surface area contributed by atoms with Crippen molar-refractivity contribution in [3.05, 3.63) is 12.7 Å². The monoisotopic (exact) mass is 256 g/mol. The van der Waals surface area contributed by atoms with E-state index in [0.29, 0.717) is 19.8 Å². The summed E-state index contributed by atoms with van der Waals surface area (Å²) in [5, 5.41) is 13.9. The number of urea groups is 1. The van der Waals surface area contributed by atoms with E-state index < -0.39 is 18.0 Å². The average Bonchev–Trinajstić information content (AvgIpc) is 3.14. The molecular weight excluding hydrogens is 236 g/mol. The minimum absolute atomic E-state index is 0.0806. The van der Waals surface area contributed by atoms with Crippen LogP contribution in [0.4, 0.5) is 4.79 Å². The van der Waals surface area contributed by atoms with Crippen LogP contribution in [0.5, 0.6) is 0 Å². The smallest absolute Gasteiger partial charge is 0.326 e. The SMILES string of the molecule is C=CCCOCCNC(=O)NC(C(=O)O)C1CC1. The van der Waals surface area contributed by atoms with Gasteiger partial charge in [-0.1, -0.05) is 6.08 Å². The minimum atomic E-state index is -0.977. The Morgan fingerprint density at radius 1 is 1.44 bits per heavy atom. The lowest BCUT2D eigenvalue weighted by Gasteiger charge is -2.14. The van der Waals surface area contributed by atoms with Gasteiger partial charge in [0.1, 0.15) is 6.04 Å². The predicted molar refractivity (Wildman–Crippen MR) is 66.3 cm³/mol. The van der Waals surface area contributed by atoms with E-state index in [1.54, 1.807) is 6.08 Å². The third-order valence-electron chi connectivity index (χ3n) is 2.64. The molecule has 6 nitrogen and oxygen atoms in total. The fourth-order valence-corrected chi connectivity index (χ4v) is 1.51. The van der Waals surface area contributed by atoms with E-state index in [0.717, 1.165) is 19.3 Å². The van der Waals surface area contributed by atoms with Gasteiger partial charge in [0.15, 0.2) is 0 Å². The van der Waals surface area contributed by atoms with Crippen LogP contribution in [0.1, 0.15) is 19.3 Å². The molecule has 0 aliphatic heterocycles. The molecule has 1 fully saturated rings. The van der Waals surface area contributed by atoms with Crippen LogP contribution in [0, 0.1) is 5.92 Å². The molecule has 1 saturated carbocycles. The van der Waals surface area contributed by atoms with Crippen LogP contribution < -0.4 is 10.6 Å². The lowest BCUT2D eigenvalue weighted by atomic mass is 10.2. The van der Waals surface area contributed by atoms with E-state index in [9.17, 15) is 9.59 Å². The summed E-state index contributed by atoms with van der Waals surface area (Å²) < 4.78 is 5.21. The van der Waals surface area contributed by atoms with Crippen molar-refractivity contribution < 1.29 is 19.4 Å². The van der Waals surface area contributed by atoms with Crippen LogP contribution in [-0.2, 0) is 9.53 Å². The molecule has 1 aliphatic rings. The lowest BCUT2D eigenvalue weighted by Crippen LogP contribution is -2.47. The fraction of sp³-hybridized carbons (Fsp3) is 0.667. The summed E-state index contributed by atoms with van der Waals surface area (Å²) in [4.78, 5) is 22.3. The third-order valence-corrected chi connectivity index (χ3v) is 2.64. The molecule has 1 aliphatic carbocycles. The van der Waals surface area contributed by atoms with Crippen LogP contribution in [0.25, 0.3) is 0 Å². The summed E-state index contributed by atoms with van der Waals surface area (Å²) in [5.74, 6) is -0.896. The Balaban J connectivity index is 2.08. The van der Waals surface area contributed by atoms with Crippen LogP contribution in [-0.4, -0.2) is 42.9 Å². The number of carboxylic acids is 1. The van der Waals surface area contributed by atoms with Crippen molar-refractivity contribution in [2.45, 2.75) is 25.3 Å². The van der Waals surface area contributed by atoms with Crippen molar-refractivity contribution in [1.82, 2.24) is 10.6 Å². The van der Waals surface area contributed by atoms with Gasteiger partial charge in [-0.25, -0.2) is 9.59 Å². The first-order valence-electron chi connectivity index (χ1n) is 6.11. The number of hydrogen-bond donors (Lipinski definition) is 3. The molecule has 1 rings (SSSR count). The van der Waals surface area contributed by atoms with E-state index in [2.05, 4.69) is 17.2 Å². The van der Waals surface area contributed by atoms with E-state index in [4.69, 9.17) is 9.84 Å². The van der Waals surface area contributed by atoms with Gasteiger partial charge in [0, 0.05) is 6.54 Å². The number of nitrogens with one attached hydrogen (secondary N) is 2. The number of aliphatic carboxylic acids is 1. The standard InChI is InChI=1S/C12H20N2O4/c1-2-3-7-18-8-6-13-12(17)14-10(11(15)16)9-4-5-9/h2,9-10H,1,3-8H2,(H,15,16)(H2,13,14,17). The molecule has 0 spiro atoms. The number of amides is 2. The first-order chi connectivity index (χ1) is 8.65. The molecule has 0 bridgehead atoms. The van der Waals surface area contributed by atoms with E-state index >= 15 is 0 Å². The molecule has 0 aromatic rings. The van der Waals surface area contributed by atoms with Crippen molar-refractivity contribution in [2.24, 2.45) is 5.92 Å². The number of carbonyl (C=O) groups is 2. The molecule has 0 aromatic carbocycles. The van der Waals surface area contributed by atoms with Gasteiger partial charge in [-0.2, -0.15) is 0 Å². The Morgan fingerprint density at radius 3 is 2.72 bits per heavy atom. The second kappa shape index (κ2) is 7.71. The summed E-state index contributed by atoms with van der Waals surface area (Å²) in [5.41, 5.74) is 0. The highest BCUT2D eigenvalue weighted by Crippen LogP contribution is 2.32. The lowest BCUT2D eigenvalue weighted by molar-refractivity contribution is -0.139. The normalized spacial score (nSPS) is 15.8. The Labute approximate surface area is 106 Å². The van der Waals surface area contributed by atoms with Crippen LogP contribution in [0.3, 0.4) is 0 Å². The largest absolute Gasteiger partial charge is 0.480 e. The molecule has 0 aromatic heterocycles. The van der Waals surface area contributed by atoms with Crippen molar-refractivity contribution >= 4 is 12.0 Å². The molecule has 2 amide bonds. The Hall–Kier alpha value is -1.56. The third kappa shape index (κ3) is 5.67. The summed E-state index contributed by atoms with van der Waals surface area (Å²) in [6.45, 7) is 4.91. The zero-order valence-electron chi connectivity index (χ0n) is 10.4. The average molecular weight is 256 g/mol. The number of carboxylic acid groups (broad SMARTS) is 1. The fourth-order valence-electron chi connectivity index (χ4n) is 1.51. The van der Waals surface area contributed by atoms with Gasteiger partial charge >= 0.3 is 12.0 Å². The molecular formula is C12H20N2O4. The highest BCUT2D eigenvalue weighted by Gasteiger charge is 2.37. The Kier molecular flexibility index (Phi) is 6.21. The van der Waals surface area contributed by atoms with Crippen LogP contribution in [0.15, 0.2) is 12.7 Å². The van der Waals surface area contributed by atoms with E-state index in [-0.39, 0.29) is 5.92 Å². The second-order valence-corrected chi connectivity index (χ2v) is 4.24. The molecule has 0 radical (unpaired) electrons. The zero-order chi connectivity index (χ0) is 13.4. The Bertz CT molecular complexity index is 302. The van der Waals surface area contributed by atoms with Gasteiger partial charge in [-0.15, -0.1) is 6.58 Å². The maximum absolute atomic E-state index is 11.4. The molecule has 1 unspecified atom stereocenters. The highest BCUT2D eigenvalue weighted by molar-refractivity contribution is 5.83. The molecule has 0 heterocycles. The number of ether oxygens (including phenoxy) is 1. The first kappa shape index (κ1) is 14.5. The number of hydrogen-bond acceptors (Lipinski definition) is 3.